The fraction of sp³-hybridized carbons (Fsp3) is 0.333. The highest BCUT2D eigenvalue weighted by Gasteiger charge is 2.35. The summed E-state index contributed by atoms with van der Waals surface area (Å²) < 4.78 is 138. The highest BCUT2D eigenvalue weighted by Crippen LogP contribution is 2.37. The molecule has 0 amide bonds. The number of rotatable bonds is 9. The van der Waals surface area contributed by atoms with Gasteiger partial charge < -0.3 is 14.2 Å². The van der Waals surface area contributed by atoms with Crippen LogP contribution in [-0.2, 0) is 9.47 Å². The van der Waals surface area contributed by atoms with Crippen molar-refractivity contribution in [3.05, 3.63) is 94.3 Å². The fourth-order valence-electron chi connectivity index (χ4n) is 4.51. The van der Waals surface area contributed by atoms with Crippen LogP contribution in [0.4, 0.5) is 39.5 Å². The molecule has 4 rings (SSSR count). The van der Waals surface area contributed by atoms with Gasteiger partial charge in [-0.15, -0.1) is 13.2 Å². The van der Waals surface area contributed by atoms with E-state index in [9.17, 15) is 35.1 Å². The first kappa shape index (κ1) is 31.4. The van der Waals surface area contributed by atoms with Crippen molar-refractivity contribution >= 4 is 5.83 Å². The van der Waals surface area contributed by atoms with Gasteiger partial charge in [0, 0.05) is 29.0 Å². The number of hydrogen-bond acceptors (Lipinski definition) is 3. The van der Waals surface area contributed by atoms with Gasteiger partial charge in [0.25, 0.3) is 0 Å². The van der Waals surface area contributed by atoms with E-state index in [1.807, 2.05) is 6.92 Å². The minimum Gasteiger partial charge on any atom is -0.399 e. The standard InChI is InChI=1S/C30H25F9O3/c1-2-3-4-5-22(31)27(36)17-7-9-20(24(33)11-17)16-6-8-21(23(32)10-16)19-14-40-29(41-15-19)18-12-25(34)28(26(35)13-18)42-30(37,38)39/h6-13,19,29H,2-5,14-15H2,1H3. The maximum Gasteiger partial charge on any atom is 0.573 e. The number of halogens is 9. The first-order chi connectivity index (χ1) is 19.9. The molecule has 0 N–H and O–H groups in total. The third kappa shape index (κ3) is 7.46. The Balaban J connectivity index is 1.44. The topological polar surface area (TPSA) is 27.7 Å². The molecule has 0 saturated carbocycles. The fourth-order valence-corrected chi connectivity index (χ4v) is 4.51. The van der Waals surface area contributed by atoms with Gasteiger partial charge in [0.15, 0.2) is 23.8 Å². The zero-order valence-electron chi connectivity index (χ0n) is 22.1. The number of allylic oxidation sites excluding steroid dienone is 1. The first-order valence-electron chi connectivity index (χ1n) is 13.0. The summed E-state index contributed by atoms with van der Waals surface area (Å²) in [5, 5.41) is 0. The van der Waals surface area contributed by atoms with Crippen LogP contribution in [0.15, 0.2) is 54.4 Å². The minimum absolute atomic E-state index is 0.0402. The van der Waals surface area contributed by atoms with E-state index in [-0.39, 0.29) is 47.5 Å². The van der Waals surface area contributed by atoms with E-state index in [1.165, 1.54) is 24.3 Å². The third-order valence-corrected chi connectivity index (χ3v) is 6.62. The Hall–Kier alpha value is -3.51. The summed E-state index contributed by atoms with van der Waals surface area (Å²) in [5.74, 6) is -9.27. The Labute approximate surface area is 235 Å². The van der Waals surface area contributed by atoms with E-state index in [4.69, 9.17) is 9.47 Å². The van der Waals surface area contributed by atoms with Gasteiger partial charge in [0.05, 0.1) is 13.2 Å². The van der Waals surface area contributed by atoms with Crippen LogP contribution in [0.3, 0.4) is 0 Å². The minimum atomic E-state index is -5.30. The number of benzene rings is 3. The van der Waals surface area contributed by atoms with Crippen LogP contribution in [0.5, 0.6) is 5.75 Å². The summed E-state index contributed by atoms with van der Waals surface area (Å²) in [7, 11) is 0. The van der Waals surface area contributed by atoms with Crippen LogP contribution in [0.1, 0.15) is 61.5 Å². The monoisotopic (exact) mass is 604 g/mol. The molecule has 3 aromatic carbocycles. The van der Waals surface area contributed by atoms with Gasteiger partial charge in [-0.1, -0.05) is 44.0 Å². The molecule has 42 heavy (non-hydrogen) atoms. The quantitative estimate of drug-likeness (QED) is 0.180. The molecule has 0 unspecified atom stereocenters. The van der Waals surface area contributed by atoms with Gasteiger partial charge in [-0.25, -0.2) is 26.3 Å². The second-order valence-electron chi connectivity index (χ2n) is 9.66. The molecule has 0 spiro atoms. The molecule has 12 heteroatoms. The van der Waals surface area contributed by atoms with Crippen molar-refractivity contribution in [1.82, 2.24) is 0 Å². The second kappa shape index (κ2) is 13.2. The largest absolute Gasteiger partial charge is 0.573 e. The maximum atomic E-state index is 15.1. The van der Waals surface area contributed by atoms with Gasteiger partial charge in [0.2, 0.25) is 5.75 Å². The van der Waals surface area contributed by atoms with Gasteiger partial charge in [0.1, 0.15) is 17.5 Å². The van der Waals surface area contributed by atoms with Gasteiger partial charge >= 0.3 is 6.36 Å². The van der Waals surface area contributed by atoms with Crippen molar-refractivity contribution in [3.63, 3.8) is 0 Å². The zero-order valence-corrected chi connectivity index (χ0v) is 22.1. The average Bonchev–Trinajstić information content (AvgIpc) is 2.94. The Kier molecular flexibility index (Phi) is 9.88. The van der Waals surface area contributed by atoms with Crippen LogP contribution >= 0.6 is 0 Å². The van der Waals surface area contributed by atoms with Gasteiger partial charge in [-0.05, 0) is 41.8 Å². The predicted molar refractivity (Wildman–Crippen MR) is 135 cm³/mol. The summed E-state index contributed by atoms with van der Waals surface area (Å²) >= 11 is 0. The second-order valence-corrected chi connectivity index (χ2v) is 9.66. The predicted octanol–water partition coefficient (Wildman–Crippen LogP) is 9.83. The molecule has 0 aliphatic carbocycles. The smallest absolute Gasteiger partial charge is 0.399 e. The summed E-state index contributed by atoms with van der Waals surface area (Å²) in [6.07, 6.45) is -4.71. The Bertz CT molecular complexity index is 1420. The SMILES string of the molecule is CCCCCC(F)=C(F)c1ccc(-c2ccc(C3COC(c4cc(F)c(OC(F)(F)F)c(F)c4)OC3)c(F)c2)c(F)c1. The van der Waals surface area contributed by atoms with Crippen LogP contribution < -0.4 is 4.74 Å². The number of unbranched alkanes of at least 4 members (excludes halogenated alkanes) is 2. The third-order valence-electron chi connectivity index (χ3n) is 6.62. The summed E-state index contributed by atoms with van der Waals surface area (Å²) in [6.45, 7) is 1.57. The molecule has 1 aliphatic rings. The number of hydrogen-bond donors (Lipinski definition) is 0. The summed E-state index contributed by atoms with van der Waals surface area (Å²) in [6, 6.07) is 8.26. The molecule has 3 nitrogen and oxygen atoms in total. The lowest BCUT2D eigenvalue weighted by atomic mass is 9.95. The normalized spacial score (nSPS) is 18.1. The van der Waals surface area contributed by atoms with E-state index >= 15 is 4.39 Å². The molecular formula is C30H25F9O3. The molecule has 3 aromatic rings. The lowest BCUT2D eigenvalue weighted by Crippen LogP contribution is -2.26. The number of ether oxygens (including phenoxy) is 3. The highest BCUT2D eigenvalue weighted by atomic mass is 19.4. The van der Waals surface area contributed by atoms with Crippen molar-refractivity contribution < 1.29 is 53.7 Å². The molecule has 0 bridgehead atoms. The summed E-state index contributed by atoms with van der Waals surface area (Å²) in [4.78, 5) is 0. The Morgan fingerprint density at radius 2 is 1.50 bits per heavy atom. The first-order valence-corrected chi connectivity index (χ1v) is 13.0. The molecule has 1 aliphatic heterocycles. The van der Waals surface area contributed by atoms with Crippen molar-refractivity contribution in [2.75, 3.05) is 13.2 Å². The number of alkyl halides is 3. The Morgan fingerprint density at radius 1 is 0.833 bits per heavy atom. The lowest BCUT2D eigenvalue weighted by Gasteiger charge is -2.30. The van der Waals surface area contributed by atoms with Gasteiger partial charge in [-0.2, -0.15) is 0 Å². The van der Waals surface area contributed by atoms with E-state index in [0.29, 0.717) is 18.6 Å². The van der Waals surface area contributed by atoms with Crippen molar-refractivity contribution in [1.29, 1.82) is 0 Å². The van der Waals surface area contributed by atoms with Crippen molar-refractivity contribution in [3.8, 4) is 16.9 Å². The summed E-state index contributed by atoms with van der Waals surface area (Å²) in [5.41, 5.74) is -0.295. The molecule has 1 saturated heterocycles. The van der Waals surface area contributed by atoms with E-state index in [2.05, 4.69) is 4.74 Å². The van der Waals surface area contributed by atoms with E-state index < -0.39 is 59.2 Å². The van der Waals surface area contributed by atoms with Crippen LogP contribution in [0.2, 0.25) is 0 Å². The molecule has 226 valence electrons. The molecule has 0 atom stereocenters. The molecular weight excluding hydrogens is 579 g/mol. The van der Waals surface area contributed by atoms with Crippen molar-refractivity contribution in [2.24, 2.45) is 0 Å². The van der Waals surface area contributed by atoms with Crippen LogP contribution in [0.25, 0.3) is 17.0 Å². The van der Waals surface area contributed by atoms with Gasteiger partial charge in [-0.3, -0.25) is 0 Å². The molecule has 0 radical (unpaired) electrons. The Morgan fingerprint density at radius 3 is 2.07 bits per heavy atom. The van der Waals surface area contributed by atoms with Crippen LogP contribution in [-0.4, -0.2) is 19.6 Å². The average molecular weight is 605 g/mol. The molecule has 1 heterocycles. The molecule has 0 aromatic heterocycles. The van der Waals surface area contributed by atoms with E-state index in [0.717, 1.165) is 25.0 Å². The highest BCUT2D eigenvalue weighted by molar-refractivity contribution is 5.69. The van der Waals surface area contributed by atoms with Crippen molar-refractivity contribution in [2.45, 2.75) is 51.2 Å². The molecule has 1 fully saturated rings. The zero-order chi connectivity index (χ0) is 30.6. The van der Waals surface area contributed by atoms with E-state index in [1.54, 1.807) is 0 Å². The maximum absolute atomic E-state index is 15.1. The lowest BCUT2D eigenvalue weighted by molar-refractivity contribution is -0.276. The van der Waals surface area contributed by atoms with Crippen LogP contribution in [0, 0.1) is 23.3 Å².